The van der Waals surface area contributed by atoms with Crippen LogP contribution in [0.3, 0.4) is 0 Å². The highest BCUT2D eigenvalue weighted by molar-refractivity contribution is 5.88. The van der Waals surface area contributed by atoms with Crippen LogP contribution in [0, 0.1) is 0 Å². The van der Waals surface area contributed by atoms with Gasteiger partial charge in [0.05, 0.1) is 0 Å². The zero-order valence-corrected chi connectivity index (χ0v) is 54.7. The summed E-state index contributed by atoms with van der Waals surface area (Å²) in [7, 11) is 0. The Morgan fingerprint density at radius 1 is 0.485 bits per heavy atom. The first kappa shape index (κ1) is 64.8. The van der Waals surface area contributed by atoms with E-state index in [1.165, 1.54) is 34.5 Å². The number of nitrogens with zero attached hydrogens (tertiary/aromatic N) is 13. The molecule has 0 radical (unpaired) electrons. The number of ether oxygens (including phenoxy) is 4. The van der Waals surface area contributed by atoms with E-state index in [1.807, 2.05) is 118 Å². The molecule has 3 saturated heterocycles. The molecule has 6 aliphatic rings. The number of likely N-dealkylation sites (tertiary alicyclic amines) is 1. The second-order valence-electron chi connectivity index (χ2n) is 26.1. The van der Waals surface area contributed by atoms with Gasteiger partial charge in [-0.15, -0.1) is 25.5 Å². The lowest BCUT2D eigenvalue weighted by atomic mass is 9.83. The topological polar surface area (TPSA) is 284 Å². The third kappa shape index (κ3) is 14.8. The van der Waals surface area contributed by atoms with Crippen molar-refractivity contribution in [1.29, 1.82) is 0 Å². The summed E-state index contributed by atoms with van der Waals surface area (Å²) in [6.07, 6.45) is 11.6. The quantitative estimate of drug-likeness (QED) is 0.103. The molecule has 0 bridgehead atoms. The van der Waals surface area contributed by atoms with Crippen molar-refractivity contribution in [2.24, 2.45) is 0 Å². The molecule has 0 aliphatic carbocycles. The summed E-state index contributed by atoms with van der Waals surface area (Å²) in [5.74, 6) is 3.12. The molecule has 3 spiro atoms. The number of aromatic nitrogens is 12. The Morgan fingerprint density at radius 3 is 1.27 bits per heavy atom. The minimum Gasteiger partial charge on any atom is -0.482 e. The van der Waals surface area contributed by atoms with Crippen LogP contribution in [0.4, 0.5) is 4.79 Å². The molecular formula is C73H75N15O9. The molecule has 6 aliphatic heterocycles. The van der Waals surface area contributed by atoms with Gasteiger partial charge in [-0.3, -0.25) is 14.4 Å². The van der Waals surface area contributed by atoms with Gasteiger partial charge in [-0.25, -0.2) is 9.48 Å². The summed E-state index contributed by atoms with van der Waals surface area (Å²) >= 11 is 0. The number of carboxylic acids is 1. The highest BCUT2D eigenvalue weighted by Gasteiger charge is 2.42. The van der Waals surface area contributed by atoms with Gasteiger partial charge in [-0.05, 0) is 151 Å². The van der Waals surface area contributed by atoms with E-state index in [0.717, 1.165) is 130 Å². The van der Waals surface area contributed by atoms with Crippen molar-refractivity contribution < 1.29 is 43.2 Å². The van der Waals surface area contributed by atoms with Crippen molar-refractivity contribution in [1.82, 2.24) is 76.2 Å². The van der Waals surface area contributed by atoms with Crippen LogP contribution in [-0.2, 0) is 38.8 Å². The molecule has 1 amide bonds. The smallest absolute Gasteiger partial charge is 0.410 e. The van der Waals surface area contributed by atoms with Gasteiger partial charge in [0.25, 0.3) is 0 Å². The zero-order valence-electron chi connectivity index (χ0n) is 54.7. The third-order valence-electron chi connectivity index (χ3n) is 17.7. The maximum absolute atomic E-state index is 12.6. The molecular weight excluding hydrogens is 1230 g/mol. The van der Waals surface area contributed by atoms with Crippen molar-refractivity contribution in [2.75, 3.05) is 39.3 Å². The predicted octanol–water partition coefficient (Wildman–Crippen LogP) is 9.77. The van der Waals surface area contributed by atoms with Crippen molar-refractivity contribution in [3.05, 3.63) is 197 Å². The fraction of sp³-hybridized carbons (Fsp3) is 0.329. The van der Waals surface area contributed by atoms with E-state index < -0.39 is 17.2 Å². The largest absolute Gasteiger partial charge is 0.482 e. The van der Waals surface area contributed by atoms with Crippen LogP contribution in [0.1, 0.15) is 107 Å². The first-order valence-electron chi connectivity index (χ1n) is 32.6. The summed E-state index contributed by atoms with van der Waals surface area (Å²) in [5.41, 5.74) is 10.8. The van der Waals surface area contributed by atoms with Gasteiger partial charge in [0.1, 0.15) is 52.7 Å². The fourth-order valence-corrected chi connectivity index (χ4v) is 12.9. The summed E-state index contributed by atoms with van der Waals surface area (Å²) in [4.78, 5) is 50.3. The van der Waals surface area contributed by atoms with Crippen LogP contribution in [0.2, 0.25) is 0 Å². The number of rotatable bonds is 12. The van der Waals surface area contributed by atoms with Gasteiger partial charge < -0.3 is 39.6 Å². The van der Waals surface area contributed by atoms with E-state index in [0.29, 0.717) is 43.4 Å². The van der Waals surface area contributed by atoms with Crippen LogP contribution < -0.4 is 24.8 Å². The Hall–Kier alpha value is -10.9. The van der Waals surface area contributed by atoms with Gasteiger partial charge in [-0.1, -0.05) is 127 Å². The average Bonchev–Trinajstić information content (AvgIpc) is 1.07. The minimum absolute atomic E-state index is 0.00809. The SMILES string of the molecule is CC(=O)Cn1nnc(-c2ccc(C3=CC4(CCNCC4)Oc4ccccc43)cc2)n1.CC(=O)Cn1nnnc1-c1ccc(C2=CC3(CCNCC3)Oc3ccccc32)cc1.CC(C)(C)OC(=O)N1CCC2(C=C(c3ccc(-c4nnn(CC(=O)O)n4)cc3)c3ccccc3O2)CC1. The number of ketones is 2. The number of Topliss-reactive ketones (excluding diaryl/α,β-unsaturated/α-hetero) is 2. The van der Waals surface area contributed by atoms with Crippen LogP contribution in [0.25, 0.3) is 50.9 Å². The Labute approximate surface area is 560 Å². The van der Waals surface area contributed by atoms with Crippen molar-refractivity contribution in [3.63, 3.8) is 0 Å². The fourth-order valence-electron chi connectivity index (χ4n) is 12.9. The monoisotopic (exact) mass is 1310 g/mol. The van der Waals surface area contributed by atoms with E-state index in [9.17, 15) is 19.2 Å². The lowest BCUT2D eigenvalue weighted by Crippen LogP contribution is -2.50. The molecule has 9 heterocycles. The van der Waals surface area contributed by atoms with E-state index in [2.05, 4.69) is 124 Å². The van der Waals surface area contributed by atoms with E-state index in [-0.39, 0.29) is 48.5 Å². The average molecular weight is 1310 g/mol. The van der Waals surface area contributed by atoms with Gasteiger partial charge in [0.2, 0.25) is 11.6 Å². The zero-order chi connectivity index (χ0) is 67.3. The number of carboxylic acid groups (broad SMARTS) is 1. The van der Waals surface area contributed by atoms with E-state index in [1.54, 1.807) is 4.90 Å². The van der Waals surface area contributed by atoms with Crippen molar-refractivity contribution in [2.45, 2.75) is 115 Å². The second kappa shape index (κ2) is 27.5. The molecule has 0 unspecified atom stereocenters. The Kier molecular flexibility index (Phi) is 18.4. The number of hydrogen-bond donors (Lipinski definition) is 3. The summed E-state index contributed by atoms with van der Waals surface area (Å²) in [6.45, 7) is 13.5. The normalized spacial score (nSPS) is 16.9. The highest BCUT2D eigenvalue weighted by Crippen LogP contribution is 2.46. The first-order chi connectivity index (χ1) is 46.9. The van der Waals surface area contributed by atoms with Gasteiger partial charge in [0, 0.05) is 85.0 Å². The number of carbonyl (C=O) groups is 4. The highest BCUT2D eigenvalue weighted by atomic mass is 16.6. The molecule has 0 atom stereocenters. The van der Waals surface area contributed by atoms with Crippen LogP contribution in [-0.4, -0.2) is 156 Å². The number of amides is 1. The number of aliphatic carboxylic acids is 1. The molecule has 6 aromatic carbocycles. The molecule has 97 heavy (non-hydrogen) atoms. The molecule has 3 aromatic heterocycles. The molecule has 496 valence electrons. The standard InChI is InChI=1S/C27H29N5O5.2C23H23N5O2/c1-26(2,3)37-25(35)31-14-12-27(13-15-31)16-21(20-6-4-5-7-22(20)36-27)18-8-10-19(11-9-18)24-28-30-32(29-24)17-23(33)34;1-16(29)15-28-22(25-26-27-28)18-8-6-17(7-9-18)20-14-23(10-12-24-13-11-23)30-21-5-3-2-4-19(20)21;1-16(29)15-28-26-22(25-27-28)18-8-6-17(7-9-18)20-14-23(10-12-24-13-11-23)30-21-5-3-2-4-19(20)21/h4-11,16H,12-15,17H2,1-3H3,(H,33,34);2*2-9,14,24H,10-13,15H2,1H3. The molecule has 24 heteroatoms. The van der Waals surface area contributed by atoms with Crippen molar-refractivity contribution in [3.8, 4) is 51.4 Å². The molecule has 0 saturated carbocycles. The molecule has 3 N–H and O–H groups in total. The summed E-state index contributed by atoms with van der Waals surface area (Å²) in [5, 5.41) is 51.8. The van der Waals surface area contributed by atoms with Gasteiger partial charge in [-0.2, -0.15) is 9.59 Å². The van der Waals surface area contributed by atoms with Gasteiger partial charge >= 0.3 is 12.1 Å². The molecule has 15 rings (SSSR count). The number of piperidine rings is 3. The van der Waals surface area contributed by atoms with Gasteiger partial charge in [0.15, 0.2) is 23.9 Å². The Morgan fingerprint density at radius 2 is 0.866 bits per heavy atom. The van der Waals surface area contributed by atoms with Crippen LogP contribution in [0.5, 0.6) is 17.2 Å². The lowest BCUT2D eigenvalue weighted by molar-refractivity contribution is -0.138. The van der Waals surface area contributed by atoms with Crippen molar-refractivity contribution >= 4 is 40.3 Å². The predicted molar refractivity (Wildman–Crippen MR) is 361 cm³/mol. The second-order valence-corrected chi connectivity index (χ2v) is 26.1. The summed E-state index contributed by atoms with van der Waals surface area (Å²) in [6, 6.07) is 48.5. The molecule has 9 aromatic rings. The minimum atomic E-state index is -1.03. The van der Waals surface area contributed by atoms with E-state index >= 15 is 0 Å². The number of fused-ring (bicyclic) bond motifs is 3. The Bertz CT molecular complexity index is 4470. The summed E-state index contributed by atoms with van der Waals surface area (Å²) < 4.78 is 26.6. The number of tetrazole rings is 3. The number of carbonyl (C=O) groups excluding carboxylic acids is 3. The maximum Gasteiger partial charge on any atom is 0.410 e. The number of hydrogen-bond acceptors (Lipinski definition) is 19. The number of benzene rings is 6. The van der Waals surface area contributed by atoms with Crippen LogP contribution in [0.15, 0.2) is 164 Å². The molecule has 3 fully saturated rings. The lowest BCUT2D eigenvalue weighted by Gasteiger charge is -2.43. The van der Waals surface area contributed by atoms with E-state index in [4.69, 9.17) is 24.1 Å². The third-order valence-corrected chi connectivity index (χ3v) is 17.7. The number of nitrogens with one attached hydrogen (secondary N) is 2. The molecule has 24 nitrogen and oxygen atoms in total. The van der Waals surface area contributed by atoms with Crippen LogP contribution >= 0.6 is 0 Å². The maximum atomic E-state index is 12.6. The number of para-hydroxylation sites is 3. The first-order valence-corrected chi connectivity index (χ1v) is 32.6. The Balaban J connectivity index is 0.000000132.